The van der Waals surface area contributed by atoms with Gasteiger partial charge in [0.15, 0.2) is 23.0 Å². The molecule has 0 radical (unpaired) electrons. The smallest absolute Gasteiger partial charge is 0.261 e. The van der Waals surface area contributed by atoms with Crippen molar-refractivity contribution < 1.29 is 27.2 Å². The van der Waals surface area contributed by atoms with E-state index in [-0.39, 0.29) is 46.8 Å². The van der Waals surface area contributed by atoms with Crippen LogP contribution in [-0.4, -0.2) is 65.2 Å². The third-order valence-electron chi connectivity index (χ3n) is 13.1. The predicted octanol–water partition coefficient (Wildman–Crippen LogP) is 9.17. The van der Waals surface area contributed by atoms with E-state index in [9.17, 15) is 8.78 Å². The number of tetrazole rings is 1. The summed E-state index contributed by atoms with van der Waals surface area (Å²) in [6.45, 7) is 17.4. The van der Waals surface area contributed by atoms with Crippen molar-refractivity contribution in [3.63, 3.8) is 0 Å². The van der Waals surface area contributed by atoms with Gasteiger partial charge in [-0.05, 0) is 74.1 Å². The molecule has 3 aromatic heterocycles. The minimum Gasteiger partial charge on any atom is -0.485 e. The Kier molecular flexibility index (Phi) is 14.1. The normalized spacial score (nSPS) is 13.4. The van der Waals surface area contributed by atoms with Gasteiger partial charge in [0.25, 0.3) is 16.6 Å². The number of nitrogens with zero attached hydrogens (tertiary/aromatic N) is 6. The molecule has 0 N–H and O–H groups in total. The number of aromatic nitrogens is 6. The molecule has 0 fully saturated rings. The van der Waals surface area contributed by atoms with Gasteiger partial charge >= 0.3 is 0 Å². The quantitative estimate of drug-likeness (QED) is 0.0620. The number of pyridine rings is 1. The van der Waals surface area contributed by atoms with Crippen molar-refractivity contribution in [2.24, 2.45) is 0 Å². The van der Waals surface area contributed by atoms with E-state index < -0.39 is 33.7 Å². The summed E-state index contributed by atoms with van der Waals surface area (Å²) in [5, 5.41) is 18.3. The SMILES string of the molecule is Cc1nc2c(OCc3c(F)cccc3F)cccn2c1C(=O)CC(C)(CO[Si](c1ccccc1)(c1ccccc1)C(C)(C)C)c1nnn(CCO[Si](c2ccccc2)(c2ccccc2)C(C)(C)C)n1. The number of hydrogen-bond acceptors (Lipinski definition) is 8. The van der Waals surface area contributed by atoms with Gasteiger partial charge in [-0.25, -0.2) is 13.8 Å². The number of aryl methyl sites for hydroxylation is 1. The van der Waals surface area contributed by atoms with Crippen LogP contribution in [0.3, 0.4) is 0 Å². The molecule has 10 nitrogen and oxygen atoms in total. The lowest BCUT2D eigenvalue weighted by molar-refractivity contribution is 0.0912. The Labute approximate surface area is 405 Å². The maximum absolute atomic E-state index is 15.1. The molecule has 69 heavy (non-hydrogen) atoms. The lowest BCUT2D eigenvalue weighted by Crippen LogP contribution is -2.67. The van der Waals surface area contributed by atoms with E-state index in [1.807, 2.05) is 55.5 Å². The standard InChI is InChI=1S/C55H60F2N6O4Si2/c1-40-50(62-34-22-33-49(51(62)58-40)65-38-45-46(56)31-21-32-47(45)57)48(64)37-55(8,39-67-69(54(5,6)7,43-27-17-11-18-28-43)44-29-19-12-20-30-44)52-59-61-63(60-52)35-36-66-68(53(2,3)4,41-23-13-9-14-24-41)42-25-15-10-16-26-42/h9-34H,35-39H2,1-8H3. The second-order valence-corrected chi connectivity index (χ2v) is 28.5. The molecular weight excluding hydrogens is 903 g/mol. The summed E-state index contributed by atoms with van der Waals surface area (Å²) in [6.07, 6.45) is 1.66. The molecule has 0 spiro atoms. The van der Waals surface area contributed by atoms with Crippen LogP contribution in [0.15, 0.2) is 158 Å². The van der Waals surface area contributed by atoms with Crippen molar-refractivity contribution in [3.8, 4) is 5.75 Å². The zero-order valence-corrected chi connectivity index (χ0v) is 42.6. The van der Waals surface area contributed by atoms with Crippen molar-refractivity contribution in [1.29, 1.82) is 0 Å². The largest absolute Gasteiger partial charge is 0.485 e. The highest BCUT2D eigenvalue weighted by Crippen LogP contribution is 2.40. The first kappa shape index (κ1) is 49.0. The molecule has 0 aliphatic rings. The van der Waals surface area contributed by atoms with Gasteiger partial charge < -0.3 is 13.6 Å². The van der Waals surface area contributed by atoms with Crippen LogP contribution < -0.4 is 25.5 Å². The number of Topliss-reactive ketones (excluding diaryl/α,β-unsaturated/α-hetero) is 1. The molecule has 8 aromatic rings. The number of carbonyl (C=O) groups excluding carboxylic acids is 1. The molecule has 3 heterocycles. The highest BCUT2D eigenvalue weighted by Gasteiger charge is 2.53. The minimum atomic E-state index is -3.13. The summed E-state index contributed by atoms with van der Waals surface area (Å²) < 4.78 is 51.6. The second-order valence-electron chi connectivity index (χ2n) is 19.9. The van der Waals surface area contributed by atoms with Crippen LogP contribution in [0.2, 0.25) is 10.1 Å². The first-order chi connectivity index (χ1) is 33.0. The van der Waals surface area contributed by atoms with Gasteiger partial charge in [-0.1, -0.05) is 169 Å². The van der Waals surface area contributed by atoms with E-state index in [4.69, 9.17) is 28.8 Å². The van der Waals surface area contributed by atoms with E-state index in [1.54, 1.807) is 34.5 Å². The fourth-order valence-electron chi connectivity index (χ4n) is 9.71. The number of ketones is 1. The highest BCUT2D eigenvalue weighted by atomic mass is 28.4. The summed E-state index contributed by atoms with van der Waals surface area (Å²) >= 11 is 0. The molecule has 1 unspecified atom stereocenters. The lowest BCUT2D eigenvalue weighted by Gasteiger charge is -2.44. The van der Waals surface area contributed by atoms with Crippen LogP contribution in [0.25, 0.3) is 5.65 Å². The van der Waals surface area contributed by atoms with Crippen LogP contribution in [0.1, 0.15) is 82.5 Å². The fraction of sp³-hybridized carbons (Fsp3) is 0.291. The summed E-state index contributed by atoms with van der Waals surface area (Å²) in [4.78, 5) is 21.4. The molecule has 0 bridgehead atoms. The molecule has 1 atom stereocenters. The van der Waals surface area contributed by atoms with Gasteiger partial charge in [0, 0.05) is 19.2 Å². The fourth-order valence-corrected chi connectivity index (χ4v) is 19.0. The Hall–Kier alpha value is -6.46. The van der Waals surface area contributed by atoms with Crippen LogP contribution in [0.5, 0.6) is 5.75 Å². The molecule has 356 valence electrons. The number of benzene rings is 5. The Morgan fingerprint density at radius 3 is 1.62 bits per heavy atom. The highest BCUT2D eigenvalue weighted by molar-refractivity contribution is 7.00. The number of fused-ring (bicyclic) bond motifs is 1. The maximum atomic E-state index is 15.1. The molecule has 14 heteroatoms. The molecule has 0 aliphatic carbocycles. The Balaban J connectivity index is 1.15. The summed E-state index contributed by atoms with van der Waals surface area (Å²) in [5.41, 5.74) is -0.194. The number of halogens is 2. The number of ether oxygens (including phenoxy) is 1. The van der Waals surface area contributed by atoms with Crippen LogP contribution in [0, 0.1) is 18.6 Å². The Morgan fingerprint density at radius 1 is 0.638 bits per heavy atom. The Morgan fingerprint density at radius 2 is 1.13 bits per heavy atom. The van der Waals surface area contributed by atoms with Crippen molar-refractivity contribution in [2.75, 3.05) is 13.2 Å². The average Bonchev–Trinajstić information content (AvgIpc) is 3.96. The number of hydrogen-bond donors (Lipinski definition) is 0. The third kappa shape index (κ3) is 9.63. The van der Waals surface area contributed by atoms with Crippen molar-refractivity contribution in [1.82, 2.24) is 29.6 Å². The molecule has 8 rings (SSSR count). The average molecular weight is 963 g/mol. The van der Waals surface area contributed by atoms with E-state index in [0.717, 1.165) is 10.4 Å². The van der Waals surface area contributed by atoms with Gasteiger partial charge in [-0.15, -0.1) is 10.2 Å². The topological polar surface area (TPSA) is 106 Å². The van der Waals surface area contributed by atoms with E-state index in [1.165, 1.54) is 28.6 Å². The first-order valence-corrected chi connectivity index (χ1v) is 27.1. The van der Waals surface area contributed by atoms with Gasteiger partial charge in [-0.2, -0.15) is 4.80 Å². The van der Waals surface area contributed by atoms with Gasteiger partial charge in [0.05, 0.1) is 29.8 Å². The van der Waals surface area contributed by atoms with E-state index in [2.05, 4.69) is 120 Å². The van der Waals surface area contributed by atoms with Crippen molar-refractivity contribution in [3.05, 3.63) is 192 Å². The zero-order chi connectivity index (χ0) is 49.0. The number of rotatable bonds is 18. The van der Waals surface area contributed by atoms with Gasteiger partial charge in [0.1, 0.15) is 23.9 Å². The Bertz CT molecular complexity index is 2920. The minimum absolute atomic E-state index is 0.0738. The van der Waals surface area contributed by atoms with Gasteiger partial charge in [-0.3, -0.25) is 9.20 Å². The monoisotopic (exact) mass is 962 g/mol. The molecule has 0 saturated heterocycles. The number of carbonyl (C=O) groups is 1. The van der Waals surface area contributed by atoms with Crippen molar-refractivity contribution >= 4 is 48.8 Å². The lowest BCUT2D eigenvalue weighted by atomic mass is 9.84. The molecule has 5 aromatic carbocycles. The van der Waals surface area contributed by atoms with E-state index in [0.29, 0.717) is 36.0 Å². The van der Waals surface area contributed by atoms with Crippen LogP contribution in [-0.2, 0) is 27.4 Å². The third-order valence-corrected chi connectivity index (χ3v) is 23.1. The molecule has 0 saturated carbocycles. The molecule has 0 aliphatic heterocycles. The summed E-state index contributed by atoms with van der Waals surface area (Å²) in [5.74, 6) is -1.05. The zero-order valence-electron chi connectivity index (χ0n) is 40.6. The molecular formula is C55H60F2N6O4Si2. The van der Waals surface area contributed by atoms with Gasteiger partial charge in [0.2, 0.25) is 0 Å². The van der Waals surface area contributed by atoms with Crippen molar-refractivity contribution in [2.45, 2.75) is 90.5 Å². The molecule has 0 amide bonds. The summed E-state index contributed by atoms with van der Waals surface area (Å²) in [6, 6.07) is 48.7. The van der Waals surface area contributed by atoms with E-state index >= 15 is 4.79 Å². The van der Waals surface area contributed by atoms with Crippen LogP contribution in [0.4, 0.5) is 8.78 Å². The maximum Gasteiger partial charge on any atom is 0.261 e. The van der Waals surface area contributed by atoms with Crippen LogP contribution >= 0.6 is 0 Å². The summed E-state index contributed by atoms with van der Waals surface area (Å²) in [7, 11) is -5.99. The predicted molar refractivity (Wildman–Crippen MR) is 272 cm³/mol. The number of imidazole rings is 1. The first-order valence-electron chi connectivity index (χ1n) is 23.3. The second kappa shape index (κ2) is 19.9.